The SMILES string of the molecule is CCN(CC)C(=O)CNC(=O)CCCCC(=O)O. The minimum Gasteiger partial charge on any atom is -0.481 e. The molecular formula is C12H22N2O4. The second-order valence-corrected chi connectivity index (χ2v) is 3.94. The van der Waals surface area contributed by atoms with Crippen molar-refractivity contribution in [2.45, 2.75) is 39.5 Å². The Labute approximate surface area is 107 Å². The summed E-state index contributed by atoms with van der Waals surface area (Å²) in [6.45, 7) is 5.04. The van der Waals surface area contributed by atoms with Crippen LogP contribution in [0, 0.1) is 0 Å². The summed E-state index contributed by atoms with van der Waals surface area (Å²) in [6.07, 6.45) is 1.34. The van der Waals surface area contributed by atoms with Gasteiger partial charge in [0.1, 0.15) is 0 Å². The Morgan fingerprint density at radius 3 is 2.11 bits per heavy atom. The molecule has 0 aliphatic carbocycles. The van der Waals surface area contributed by atoms with E-state index in [1.165, 1.54) is 0 Å². The first-order valence-corrected chi connectivity index (χ1v) is 6.27. The van der Waals surface area contributed by atoms with Crippen LogP contribution in [0.2, 0.25) is 0 Å². The van der Waals surface area contributed by atoms with Gasteiger partial charge in [-0.2, -0.15) is 0 Å². The van der Waals surface area contributed by atoms with Crippen molar-refractivity contribution in [3.8, 4) is 0 Å². The zero-order chi connectivity index (χ0) is 14.0. The highest BCUT2D eigenvalue weighted by Crippen LogP contribution is 1.99. The van der Waals surface area contributed by atoms with Crippen LogP contribution >= 0.6 is 0 Å². The van der Waals surface area contributed by atoms with Gasteiger partial charge in [-0.1, -0.05) is 0 Å². The fourth-order valence-electron chi connectivity index (χ4n) is 1.51. The molecule has 0 fully saturated rings. The van der Waals surface area contributed by atoms with Gasteiger partial charge in [-0.05, 0) is 26.7 Å². The smallest absolute Gasteiger partial charge is 0.303 e. The zero-order valence-electron chi connectivity index (χ0n) is 11.1. The predicted octanol–water partition coefficient (Wildman–Crippen LogP) is 0.616. The maximum absolute atomic E-state index is 11.6. The number of carboxylic acid groups (broad SMARTS) is 1. The summed E-state index contributed by atoms with van der Waals surface area (Å²) < 4.78 is 0. The average Bonchev–Trinajstić information content (AvgIpc) is 2.33. The first-order chi connectivity index (χ1) is 8.51. The fraction of sp³-hybridized carbons (Fsp3) is 0.750. The number of carbonyl (C=O) groups is 3. The van der Waals surface area contributed by atoms with Crippen LogP contribution in [0.5, 0.6) is 0 Å². The Kier molecular flexibility index (Phi) is 8.61. The normalized spacial score (nSPS) is 9.89. The molecule has 2 N–H and O–H groups in total. The third-order valence-electron chi connectivity index (χ3n) is 2.60. The van der Waals surface area contributed by atoms with Crippen LogP contribution in [0.1, 0.15) is 39.5 Å². The van der Waals surface area contributed by atoms with Crippen LogP contribution in [0.25, 0.3) is 0 Å². The van der Waals surface area contributed by atoms with E-state index in [0.717, 1.165) is 0 Å². The number of nitrogens with zero attached hydrogens (tertiary/aromatic N) is 1. The van der Waals surface area contributed by atoms with Crippen molar-refractivity contribution in [3.05, 3.63) is 0 Å². The van der Waals surface area contributed by atoms with Gasteiger partial charge >= 0.3 is 5.97 Å². The standard InChI is InChI=1S/C12H22N2O4/c1-3-14(4-2)11(16)9-13-10(15)7-5-6-8-12(17)18/h3-9H2,1-2H3,(H,13,15)(H,17,18). The Balaban J connectivity index is 3.70. The molecule has 0 bridgehead atoms. The highest BCUT2D eigenvalue weighted by atomic mass is 16.4. The maximum Gasteiger partial charge on any atom is 0.303 e. The first-order valence-electron chi connectivity index (χ1n) is 6.27. The number of carboxylic acids is 1. The molecule has 0 heterocycles. The van der Waals surface area contributed by atoms with E-state index in [1.807, 2.05) is 13.8 Å². The number of rotatable bonds is 9. The lowest BCUT2D eigenvalue weighted by molar-refractivity contribution is -0.137. The summed E-state index contributed by atoms with van der Waals surface area (Å²) in [5.74, 6) is -1.16. The summed E-state index contributed by atoms with van der Waals surface area (Å²) in [7, 11) is 0. The van der Waals surface area contributed by atoms with E-state index in [2.05, 4.69) is 5.32 Å². The molecule has 0 aromatic rings. The van der Waals surface area contributed by atoms with E-state index in [4.69, 9.17) is 5.11 Å². The molecule has 18 heavy (non-hydrogen) atoms. The summed E-state index contributed by atoms with van der Waals surface area (Å²) in [6, 6.07) is 0. The van der Waals surface area contributed by atoms with Crippen molar-refractivity contribution in [1.82, 2.24) is 10.2 Å². The first kappa shape index (κ1) is 16.4. The lowest BCUT2D eigenvalue weighted by Crippen LogP contribution is -2.39. The van der Waals surface area contributed by atoms with Crippen molar-refractivity contribution < 1.29 is 19.5 Å². The Morgan fingerprint density at radius 1 is 1.06 bits per heavy atom. The molecule has 0 radical (unpaired) electrons. The number of likely N-dealkylation sites (N-methyl/N-ethyl adjacent to an activating group) is 1. The molecule has 0 rings (SSSR count). The maximum atomic E-state index is 11.6. The molecule has 0 saturated heterocycles. The second kappa shape index (κ2) is 9.44. The van der Waals surface area contributed by atoms with Gasteiger partial charge in [0.15, 0.2) is 0 Å². The van der Waals surface area contributed by atoms with Gasteiger partial charge in [-0.3, -0.25) is 14.4 Å². The monoisotopic (exact) mass is 258 g/mol. The van der Waals surface area contributed by atoms with Crippen LogP contribution in [-0.4, -0.2) is 47.4 Å². The summed E-state index contributed by atoms with van der Waals surface area (Å²) in [4.78, 5) is 34.8. The number of hydrogen-bond acceptors (Lipinski definition) is 3. The van der Waals surface area contributed by atoms with Crippen molar-refractivity contribution in [2.75, 3.05) is 19.6 Å². The van der Waals surface area contributed by atoms with Gasteiger partial charge in [0, 0.05) is 25.9 Å². The summed E-state index contributed by atoms with van der Waals surface area (Å²) in [5.41, 5.74) is 0. The topological polar surface area (TPSA) is 86.7 Å². The Morgan fingerprint density at radius 2 is 1.61 bits per heavy atom. The number of aliphatic carboxylic acids is 1. The largest absolute Gasteiger partial charge is 0.481 e. The molecular weight excluding hydrogens is 236 g/mol. The lowest BCUT2D eigenvalue weighted by atomic mass is 10.2. The number of carbonyl (C=O) groups excluding carboxylic acids is 2. The zero-order valence-corrected chi connectivity index (χ0v) is 11.1. The van der Waals surface area contributed by atoms with Gasteiger partial charge in [0.25, 0.3) is 0 Å². The number of unbranched alkanes of at least 4 members (excludes halogenated alkanes) is 1. The number of amides is 2. The molecule has 104 valence electrons. The molecule has 0 aliphatic heterocycles. The minimum absolute atomic E-state index is 0.0133. The highest BCUT2D eigenvalue weighted by Gasteiger charge is 2.10. The predicted molar refractivity (Wildman–Crippen MR) is 67.0 cm³/mol. The van der Waals surface area contributed by atoms with Crippen molar-refractivity contribution >= 4 is 17.8 Å². The van der Waals surface area contributed by atoms with Crippen LogP contribution < -0.4 is 5.32 Å². The molecule has 0 unspecified atom stereocenters. The number of nitrogens with one attached hydrogen (secondary N) is 1. The third kappa shape index (κ3) is 7.65. The van der Waals surface area contributed by atoms with E-state index in [0.29, 0.717) is 25.9 Å². The van der Waals surface area contributed by atoms with E-state index < -0.39 is 5.97 Å². The van der Waals surface area contributed by atoms with Gasteiger partial charge in [-0.25, -0.2) is 0 Å². The molecule has 0 spiro atoms. The quantitative estimate of drug-likeness (QED) is 0.593. The minimum atomic E-state index is -0.855. The van der Waals surface area contributed by atoms with Crippen molar-refractivity contribution in [3.63, 3.8) is 0 Å². The average molecular weight is 258 g/mol. The molecule has 0 saturated carbocycles. The summed E-state index contributed by atoms with van der Waals surface area (Å²) >= 11 is 0. The van der Waals surface area contributed by atoms with E-state index in [9.17, 15) is 14.4 Å². The molecule has 6 nitrogen and oxygen atoms in total. The highest BCUT2D eigenvalue weighted by molar-refractivity contribution is 5.84. The van der Waals surface area contributed by atoms with Gasteiger partial charge in [0.05, 0.1) is 6.54 Å². The Bertz CT molecular complexity index is 288. The molecule has 6 heteroatoms. The van der Waals surface area contributed by atoms with Crippen LogP contribution in [0.15, 0.2) is 0 Å². The van der Waals surface area contributed by atoms with Crippen LogP contribution in [-0.2, 0) is 14.4 Å². The van der Waals surface area contributed by atoms with Crippen molar-refractivity contribution in [2.24, 2.45) is 0 Å². The molecule has 0 atom stereocenters. The van der Waals surface area contributed by atoms with Crippen LogP contribution in [0.4, 0.5) is 0 Å². The molecule has 0 aromatic carbocycles. The van der Waals surface area contributed by atoms with Crippen molar-refractivity contribution in [1.29, 1.82) is 0 Å². The van der Waals surface area contributed by atoms with Gasteiger partial charge in [0.2, 0.25) is 11.8 Å². The van der Waals surface area contributed by atoms with Gasteiger partial charge in [-0.15, -0.1) is 0 Å². The molecule has 0 aromatic heterocycles. The number of hydrogen-bond donors (Lipinski definition) is 2. The van der Waals surface area contributed by atoms with E-state index >= 15 is 0 Å². The Hall–Kier alpha value is -1.59. The third-order valence-corrected chi connectivity index (χ3v) is 2.60. The second-order valence-electron chi connectivity index (χ2n) is 3.94. The lowest BCUT2D eigenvalue weighted by Gasteiger charge is -2.18. The van der Waals surface area contributed by atoms with E-state index in [-0.39, 0.29) is 31.2 Å². The molecule has 0 aliphatic rings. The van der Waals surface area contributed by atoms with Gasteiger partial charge < -0.3 is 15.3 Å². The summed E-state index contributed by atoms with van der Waals surface area (Å²) in [5, 5.41) is 11.0. The molecule has 2 amide bonds. The van der Waals surface area contributed by atoms with Crippen LogP contribution in [0.3, 0.4) is 0 Å². The fourth-order valence-corrected chi connectivity index (χ4v) is 1.51. The van der Waals surface area contributed by atoms with E-state index in [1.54, 1.807) is 4.90 Å².